The van der Waals surface area contributed by atoms with Crippen molar-refractivity contribution in [2.75, 3.05) is 13.6 Å². The number of H-pyrrole nitrogens is 1. The zero-order valence-corrected chi connectivity index (χ0v) is 23.0. The molecule has 0 bridgehead atoms. The number of nitrogens with one attached hydrogen (secondary N) is 2. The predicted molar refractivity (Wildman–Crippen MR) is 159 cm³/mol. The highest BCUT2D eigenvalue weighted by atomic mass is 16.6. The molecule has 2 saturated heterocycles. The van der Waals surface area contributed by atoms with E-state index in [0.29, 0.717) is 52.0 Å². The summed E-state index contributed by atoms with van der Waals surface area (Å²) in [5, 5.41) is 25.2. The Hall–Kier alpha value is -5.78. The minimum atomic E-state index is -0.501. The Balaban J connectivity index is 1.41. The van der Waals surface area contributed by atoms with Crippen LogP contribution in [0.1, 0.15) is 35.1 Å². The summed E-state index contributed by atoms with van der Waals surface area (Å²) >= 11 is 0. The molecular formula is C31H26N6O6. The van der Waals surface area contributed by atoms with Crippen molar-refractivity contribution < 1.29 is 24.4 Å². The fourth-order valence-electron chi connectivity index (χ4n) is 5.24. The Morgan fingerprint density at radius 2 is 1.81 bits per heavy atom. The van der Waals surface area contributed by atoms with Gasteiger partial charge < -0.3 is 15.0 Å². The number of fused-ring (bicyclic) bond motifs is 1. The van der Waals surface area contributed by atoms with E-state index in [9.17, 15) is 29.6 Å². The molecule has 2 aliphatic rings. The van der Waals surface area contributed by atoms with Gasteiger partial charge in [0.25, 0.3) is 11.6 Å². The monoisotopic (exact) mass is 578 g/mol. The molecule has 4 aromatic rings. The van der Waals surface area contributed by atoms with Crippen molar-refractivity contribution in [2.45, 2.75) is 19.4 Å². The number of urea groups is 1. The van der Waals surface area contributed by atoms with Crippen LogP contribution in [0.3, 0.4) is 0 Å². The highest BCUT2D eigenvalue weighted by molar-refractivity contribution is 6.22. The SMILES string of the molecule is CN1C(=O)NC(=O)/C1=C/c1ccc(N=C(c2ccc(CN3CCCC3=O)cc2)c2c(O)[nH]c3ccc([N+](=O)[O-])cc23)cc1. The van der Waals surface area contributed by atoms with Crippen molar-refractivity contribution in [3.8, 4) is 5.88 Å². The van der Waals surface area contributed by atoms with Crippen molar-refractivity contribution in [1.82, 2.24) is 20.1 Å². The lowest BCUT2D eigenvalue weighted by molar-refractivity contribution is -0.384. The van der Waals surface area contributed by atoms with Gasteiger partial charge in [0.15, 0.2) is 5.88 Å². The number of amides is 4. The number of hydrogen-bond acceptors (Lipinski definition) is 7. The highest BCUT2D eigenvalue weighted by Gasteiger charge is 2.29. The first kappa shape index (κ1) is 27.4. The number of likely N-dealkylation sites (tertiary alicyclic amines) is 1. The number of nitro groups is 1. The summed E-state index contributed by atoms with van der Waals surface area (Å²) in [5.41, 5.74) is 4.03. The summed E-state index contributed by atoms with van der Waals surface area (Å²) < 4.78 is 0. The third-order valence-electron chi connectivity index (χ3n) is 7.54. The van der Waals surface area contributed by atoms with Gasteiger partial charge in [0, 0.05) is 55.2 Å². The van der Waals surface area contributed by atoms with E-state index in [4.69, 9.17) is 4.99 Å². The Bertz CT molecular complexity index is 1860. The fourth-order valence-corrected chi connectivity index (χ4v) is 5.24. The number of nitro benzene ring substituents is 1. The van der Waals surface area contributed by atoms with Crippen molar-refractivity contribution >= 4 is 51.9 Å². The molecular weight excluding hydrogens is 552 g/mol. The molecule has 4 amide bonds. The van der Waals surface area contributed by atoms with Gasteiger partial charge in [0.2, 0.25) is 5.91 Å². The van der Waals surface area contributed by atoms with Gasteiger partial charge >= 0.3 is 6.03 Å². The molecule has 1 aromatic heterocycles. The Labute approximate surface area is 245 Å². The number of benzene rings is 3. The number of likely N-dealkylation sites (N-methyl/N-ethyl adjacent to an activating group) is 1. The lowest BCUT2D eigenvalue weighted by atomic mass is 9.99. The van der Waals surface area contributed by atoms with Gasteiger partial charge in [-0.05, 0) is 41.8 Å². The molecule has 43 heavy (non-hydrogen) atoms. The van der Waals surface area contributed by atoms with Gasteiger partial charge in [-0.15, -0.1) is 0 Å². The lowest BCUT2D eigenvalue weighted by Crippen LogP contribution is -2.24. The van der Waals surface area contributed by atoms with E-state index in [1.807, 2.05) is 29.2 Å². The minimum absolute atomic E-state index is 0.127. The second-order valence-corrected chi connectivity index (χ2v) is 10.4. The van der Waals surface area contributed by atoms with Crippen LogP contribution in [0.4, 0.5) is 16.2 Å². The van der Waals surface area contributed by atoms with Crippen LogP contribution in [0.2, 0.25) is 0 Å². The van der Waals surface area contributed by atoms with Gasteiger partial charge in [-0.2, -0.15) is 0 Å². The first-order chi connectivity index (χ1) is 20.7. The quantitative estimate of drug-likeness (QED) is 0.0955. The Morgan fingerprint density at radius 3 is 2.44 bits per heavy atom. The summed E-state index contributed by atoms with van der Waals surface area (Å²) in [5.74, 6) is -0.553. The number of carbonyl (C=O) groups excluding carboxylic acids is 3. The second-order valence-electron chi connectivity index (χ2n) is 10.4. The number of non-ortho nitro benzene ring substituents is 1. The normalized spacial score (nSPS) is 16.5. The molecule has 2 aliphatic heterocycles. The van der Waals surface area contributed by atoms with Crippen LogP contribution < -0.4 is 5.32 Å². The van der Waals surface area contributed by atoms with E-state index < -0.39 is 16.9 Å². The summed E-state index contributed by atoms with van der Waals surface area (Å²) in [6.07, 6.45) is 2.99. The van der Waals surface area contributed by atoms with Gasteiger partial charge in [-0.3, -0.25) is 29.9 Å². The largest absolute Gasteiger partial charge is 0.494 e. The van der Waals surface area contributed by atoms with Crippen LogP contribution in [-0.4, -0.2) is 62.0 Å². The van der Waals surface area contributed by atoms with Gasteiger partial charge in [-0.1, -0.05) is 36.4 Å². The molecule has 216 valence electrons. The Kier molecular flexibility index (Phi) is 6.94. The van der Waals surface area contributed by atoms with Crippen LogP contribution in [0.5, 0.6) is 5.88 Å². The van der Waals surface area contributed by atoms with Crippen molar-refractivity contribution in [1.29, 1.82) is 0 Å². The molecule has 3 N–H and O–H groups in total. The van der Waals surface area contributed by atoms with Crippen LogP contribution in [0, 0.1) is 10.1 Å². The molecule has 0 atom stereocenters. The van der Waals surface area contributed by atoms with Gasteiger partial charge in [0.05, 0.1) is 21.9 Å². The molecule has 3 aromatic carbocycles. The van der Waals surface area contributed by atoms with E-state index in [1.54, 1.807) is 30.3 Å². The number of carbonyl (C=O) groups is 3. The number of aliphatic imine (C=N–C) groups is 1. The molecule has 12 nitrogen and oxygen atoms in total. The van der Waals surface area contributed by atoms with Crippen molar-refractivity contribution in [3.63, 3.8) is 0 Å². The van der Waals surface area contributed by atoms with Crippen molar-refractivity contribution in [2.24, 2.45) is 4.99 Å². The molecule has 0 aliphatic carbocycles. The van der Waals surface area contributed by atoms with E-state index in [0.717, 1.165) is 18.5 Å². The highest BCUT2D eigenvalue weighted by Crippen LogP contribution is 2.34. The van der Waals surface area contributed by atoms with Crippen LogP contribution in [0.25, 0.3) is 17.0 Å². The number of aromatic hydroxyl groups is 1. The van der Waals surface area contributed by atoms with E-state index in [1.165, 1.54) is 30.1 Å². The number of aromatic nitrogens is 1. The summed E-state index contributed by atoms with van der Waals surface area (Å²) in [6.45, 7) is 1.21. The minimum Gasteiger partial charge on any atom is -0.494 e. The molecule has 0 spiro atoms. The number of imide groups is 1. The standard InChI is InChI=1S/C31H26N6O6/c1-35-25(29(39)34-31(35)41)15-18-6-10-21(11-7-18)32-28(20-8-4-19(5-9-20)17-36-14-2-3-26(36)38)27-23-16-22(37(42)43)12-13-24(23)33-30(27)40/h4-13,15-16,33,40H,2-3,14,17H2,1H3,(H,34,39,41)/b25-15-,32-28?. The Morgan fingerprint density at radius 1 is 1.07 bits per heavy atom. The molecule has 12 heteroatoms. The van der Waals surface area contributed by atoms with Gasteiger partial charge in [-0.25, -0.2) is 9.79 Å². The van der Waals surface area contributed by atoms with E-state index in [-0.39, 0.29) is 23.2 Å². The maximum absolute atomic E-state index is 12.1. The van der Waals surface area contributed by atoms with Gasteiger partial charge in [0.1, 0.15) is 5.70 Å². The third kappa shape index (κ3) is 5.33. The van der Waals surface area contributed by atoms with Crippen molar-refractivity contribution in [3.05, 3.63) is 105 Å². The zero-order valence-electron chi connectivity index (χ0n) is 23.0. The topological polar surface area (TPSA) is 161 Å². The average Bonchev–Trinajstić information content (AvgIpc) is 3.62. The number of rotatable bonds is 7. The lowest BCUT2D eigenvalue weighted by Gasteiger charge is -2.16. The summed E-state index contributed by atoms with van der Waals surface area (Å²) in [7, 11) is 1.50. The molecule has 0 saturated carbocycles. The maximum atomic E-state index is 12.1. The smallest absolute Gasteiger partial charge is 0.328 e. The zero-order chi connectivity index (χ0) is 30.2. The number of aromatic amines is 1. The molecule has 0 radical (unpaired) electrons. The number of hydrogen-bond donors (Lipinski definition) is 3. The molecule has 3 heterocycles. The first-order valence-electron chi connectivity index (χ1n) is 13.5. The maximum Gasteiger partial charge on any atom is 0.328 e. The van der Waals surface area contributed by atoms with E-state index in [2.05, 4.69) is 10.3 Å². The van der Waals surface area contributed by atoms with Crippen LogP contribution in [-0.2, 0) is 16.1 Å². The second kappa shape index (κ2) is 10.9. The molecule has 6 rings (SSSR count). The van der Waals surface area contributed by atoms with Crippen LogP contribution in [0.15, 0.2) is 77.4 Å². The van der Waals surface area contributed by atoms with Crippen LogP contribution >= 0.6 is 0 Å². The fraction of sp³-hybridized carbons (Fsp3) is 0.161. The average molecular weight is 579 g/mol. The summed E-state index contributed by atoms with van der Waals surface area (Å²) in [4.78, 5) is 57.8. The predicted octanol–water partition coefficient (Wildman–Crippen LogP) is 4.60. The first-order valence-corrected chi connectivity index (χ1v) is 13.5. The molecule has 0 unspecified atom stereocenters. The van der Waals surface area contributed by atoms with E-state index >= 15 is 0 Å². The molecule has 2 fully saturated rings. The number of nitrogens with zero attached hydrogens (tertiary/aromatic N) is 4. The summed E-state index contributed by atoms with van der Waals surface area (Å²) in [6, 6.07) is 18.2. The third-order valence-corrected chi connectivity index (χ3v) is 7.54.